The van der Waals surface area contributed by atoms with E-state index in [-0.39, 0.29) is 23.7 Å². The molecule has 0 aliphatic carbocycles. The number of aromatic nitrogens is 2. The molecule has 2 heterocycles. The highest BCUT2D eigenvalue weighted by molar-refractivity contribution is 5.80. The first-order chi connectivity index (χ1) is 16.6. The molecule has 0 radical (unpaired) electrons. The average Bonchev–Trinajstić information content (AvgIpc) is 3.51. The van der Waals surface area contributed by atoms with Crippen LogP contribution in [-0.2, 0) is 11.4 Å². The summed E-state index contributed by atoms with van der Waals surface area (Å²) in [4.78, 5) is 19.0. The molecule has 0 bridgehead atoms. The molecule has 2 atom stereocenters. The maximum atomic E-state index is 13.2. The predicted octanol–water partition coefficient (Wildman–Crippen LogP) is 5.53. The second-order valence-corrected chi connectivity index (χ2v) is 8.43. The molecule has 1 aromatic heterocycles. The van der Waals surface area contributed by atoms with E-state index in [4.69, 9.17) is 9.26 Å². The molecule has 4 aromatic rings. The third-order valence-electron chi connectivity index (χ3n) is 6.13. The van der Waals surface area contributed by atoms with Crippen LogP contribution in [0.4, 0.5) is 4.39 Å². The van der Waals surface area contributed by atoms with E-state index in [2.05, 4.69) is 10.1 Å². The Bertz CT molecular complexity index is 1260. The molecule has 1 aliphatic heterocycles. The molecule has 6 nitrogen and oxygen atoms in total. The topological polar surface area (TPSA) is 68.5 Å². The zero-order chi connectivity index (χ0) is 23.5. The summed E-state index contributed by atoms with van der Waals surface area (Å²) < 4.78 is 24.6. The maximum absolute atomic E-state index is 13.2. The summed E-state index contributed by atoms with van der Waals surface area (Å²) in [6, 6.07) is 23.6. The van der Waals surface area contributed by atoms with Crippen molar-refractivity contribution in [1.29, 1.82) is 0 Å². The summed E-state index contributed by atoms with van der Waals surface area (Å²) in [6.45, 7) is 2.91. The minimum Gasteiger partial charge on any atom is -0.489 e. The van der Waals surface area contributed by atoms with Crippen LogP contribution in [0.3, 0.4) is 0 Å². The first-order valence-electron chi connectivity index (χ1n) is 11.2. The highest BCUT2D eigenvalue weighted by Gasteiger charge is 2.37. The van der Waals surface area contributed by atoms with Gasteiger partial charge in [0.25, 0.3) is 0 Å². The van der Waals surface area contributed by atoms with Crippen LogP contribution in [0.5, 0.6) is 5.75 Å². The van der Waals surface area contributed by atoms with Gasteiger partial charge in [0.1, 0.15) is 18.2 Å². The predicted molar refractivity (Wildman–Crippen MR) is 124 cm³/mol. The Kier molecular flexibility index (Phi) is 6.08. The average molecular weight is 458 g/mol. The van der Waals surface area contributed by atoms with Gasteiger partial charge in [-0.25, -0.2) is 4.39 Å². The number of nitrogens with zero attached hydrogens (tertiary/aromatic N) is 3. The van der Waals surface area contributed by atoms with Gasteiger partial charge in [0.2, 0.25) is 17.6 Å². The molecular formula is C27H24FN3O3. The van der Waals surface area contributed by atoms with Crippen LogP contribution >= 0.6 is 0 Å². The van der Waals surface area contributed by atoms with Crippen molar-refractivity contribution in [3.05, 3.63) is 102 Å². The molecule has 7 heteroatoms. The second-order valence-electron chi connectivity index (χ2n) is 8.43. The number of ether oxygens (including phenoxy) is 1. The lowest BCUT2D eigenvalue weighted by Crippen LogP contribution is -2.28. The molecule has 1 fully saturated rings. The zero-order valence-electron chi connectivity index (χ0n) is 18.7. The van der Waals surface area contributed by atoms with Crippen molar-refractivity contribution in [1.82, 2.24) is 15.0 Å². The fourth-order valence-electron chi connectivity index (χ4n) is 4.15. The molecular weight excluding hydrogens is 433 g/mol. The number of halogens is 1. The number of benzene rings is 3. The maximum Gasteiger partial charge on any atom is 0.232 e. The van der Waals surface area contributed by atoms with Gasteiger partial charge in [0, 0.05) is 18.5 Å². The number of amides is 1. The minimum atomic E-state index is -0.296. The summed E-state index contributed by atoms with van der Waals surface area (Å²) in [7, 11) is 0. The van der Waals surface area contributed by atoms with Crippen LogP contribution in [0.25, 0.3) is 11.4 Å². The molecule has 1 amide bonds. The van der Waals surface area contributed by atoms with Crippen molar-refractivity contribution in [3.8, 4) is 17.1 Å². The first-order valence-corrected chi connectivity index (χ1v) is 11.2. The third-order valence-corrected chi connectivity index (χ3v) is 6.13. The van der Waals surface area contributed by atoms with E-state index in [1.54, 1.807) is 17.0 Å². The van der Waals surface area contributed by atoms with E-state index in [1.165, 1.54) is 12.1 Å². The summed E-state index contributed by atoms with van der Waals surface area (Å²) in [5.74, 6) is 1.22. The molecule has 0 spiro atoms. The third kappa shape index (κ3) is 4.69. The van der Waals surface area contributed by atoms with Gasteiger partial charge in [-0.1, -0.05) is 47.6 Å². The molecule has 2 unspecified atom stereocenters. The van der Waals surface area contributed by atoms with Crippen molar-refractivity contribution >= 4 is 5.91 Å². The Hall–Kier alpha value is -4.00. The van der Waals surface area contributed by atoms with E-state index in [0.29, 0.717) is 31.3 Å². The molecule has 1 saturated heterocycles. The monoisotopic (exact) mass is 457 g/mol. The molecule has 34 heavy (non-hydrogen) atoms. The van der Waals surface area contributed by atoms with Crippen LogP contribution in [0.15, 0.2) is 83.4 Å². The van der Waals surface area contributed by atoms with Crippen LogP contribution in [0, 0.1) is 5.82 Å². The van der Waals surface area contributed by atoms with Gasteiger partial charge in [-0.15, -0.1) is 0 Å². The van der Waals surface area contributed by atoms with E-state index in [1.807, 2.05) is 61.5 Å². The van der Waals surface area contributed by atoms with Crippen LogP contribution in [-0.4, -0.2) is 27.5 Å². The van der Waals surface area contributed by atoms with E-state index in [9.17, 15) is 9.18 Å². The standard InChI is InChI=1S/C27H24FN3O3/c1-18(20-7-11-23(28)12-8-20)31-16-22(15-25(31)32)27-29-26(30-34-27)21-9-13-24(14-10-21)33-17-19-5-3-2-4-6-19/h2-14,18,22H,15-17H2,1H3. The Morgan fingerprint density at radius 1 is 1.06 bits per heavy atom. The van der Waals surface area contributed by atoms with Crippen molar-refractivity contribution in [2.75, 3.05) is 6.54 Å². The lowest BCUT2D eigenvalue weighted by atomic mass is 10.1. The molecule has 0 saturated carbocycles. The van der Waals surface area contributed by atoms with E-state index >= 15 is 0 Å². The van der Waals surface area contributed by atoms with Crippen LogP contribution < -0.4 is 4.74 Å². The van der Waals surface area contributed by atoms with Crippen molar-refractivity contribution in [3.63, 3.8) is 0 Å². The molecule has 5 rings (SSSR count). The first kappa shape index (κ1) is 21.8. The van der Waals surface area contributed by atoms with Gasteiger partial charge >= 0.3 is 0 Å². The number of hydrogen-bond acceptors (Lipinski definition) is 5. The molecule has 172 valence electrons. The van der Waals surface area contributed by atoms with Gasteiger partial charge in [-0.05, 0) is 54.4 Å². The SMILES string of the molecule is CC(c1ccc(F)cc1)N1CC(c2nc(-c3ccc(OCc4ccccc4)cc3)no2)CC1=O. The zero-order valence-corrected chi connectivity index (χ0v) is 18.7. The van der Waals surface area contributed by atoms with E-state index in [0.717, 1.165) is 22.4 Å². The Morgan fingerprint density at radius 2 is 1.79 bits per heavy atom. The molecule has 0 N–H and O–H groups in total. The Balaban J connectivity index is 1.23. The van der Waals surface area contributed by atoms with Crippen molar-refractivity contribution < 1.29 is 18.4 Å². The number of carbonyl (C=O) groups is 1. The van der Waals surface area contributed by atoms with Crippen molar-refractivity contribution in [2.45, 2.75) is 31.9 Å². The molecule has 1 aliphatic rings. The smallest absolute Gasteiger partial charge is 0.232 e. The summed E-state index contributed by atoms with van der Waals surface area (Å²) >= 11 is 0. The fraction of sp³-hybridized carbons (Fsp3) is 0.222. The summed E-state index contributed by atoms with van der Waals surface area (Å²) in [5, 5.41) is 4.12. The summed E-state index contributed by atoms with van der Waals surface area (Å²) in [6.07, 6.45) is 0.305. The van der Waals surface area contributed by atoms with Crippen LogP contribution in [0.2, 0.25) is 0 Å². The van der Waals surface area contributed by atoms with Gasteiger partial charge in [-0.2, -0.15) is 4.98 Å². The number of carbonyl (C=O) groups excluding carboxylic acids is 1. The van der Waals surface area contributed by atoms with Gasteiger partial charge in [0.15, 0.2) is 0 Å². The van der Waals surface area contributed by atoms with Gasteiger partial charge in [0.05, 0.1) is 12.0 Å². The number of rotatable bonds is 7. The second kappa shape index (κ2) is 9.47. The van der Waals surface area contributed by atoms with E-state index < -0.39 is 0 Å². The highest BCUT2D eigenvalue weighted by atomic mass is 19.1. The normalized spacial score (nSPS) is 16.6. The Morgan fingerprint density at radius 3 is 2.53 bits per heavy atom. The lowest BCUT2D eigenvalue weighted by molar-refractivity contribution is -0.129. The van der Waals surface area contributed by atoms with Crippen LogP contribution in [0.1, 0.15) is 42.3 Å². The highest BCUT2D eigenvalue weighted by Crippen LogP contribution is 2.34. The number of likely N-dealkylation sites (tertiary alicyclic amines) is 1. The molecule has 3 aromatic carbocycles. The number of hydrogen-bond donors (Lipinski definition) is 0. The van der Waals surface area contributed by atoms with Gasteiger partial charge < -0.3 is 14.2 Å². The minimum absolute atomic E-state index is 0.0153. The fourth-order valence-corrected chi connectivity index (χ4v) is 4.15. The van der Waals surface area contributed by atoms with Gasteiger partial charge in [-0.3, -0.25) is 4.79 Å². The summed E-state index contributed by atoms with van der Waals surface area (Å²) in [5.41, 5.74) is 2.79. The Labute approximate surface area is 197 Å². The largest absolute Gasteiger partial charge is 0.489 e. The van der Waals surface area contributed by atoms with Crippen molar-refractivity contribution in [2.24, 2.45) is 0 Å². The lowest BCUT2D eigenvalue weighted by Gasteiger charge is -2.25. The quantitative estimate of drug-likeness (QED) is 0.365.